The number of halogens is 1. The lowest BCUT2D eigenvalue weighted by atomic mass is 9.86. The molecule has 2 N–H and O–H groups in total. The number of anilines is 2. The van der Waals surface area contributed by atoms with Crippen LogP contribution in [0, 0.1) is 5.82 Å². The molecule has 9 nitrogen and oxygen atoms in total. The number of rotatable bonds is 4. The molecule has 0 bridgehead atoms. The molecule has 1 atom stereocenters. The molecule has 0 fully saturated rings. The van der Waals surface area contributed by atoms with E-state index in [1.807, 2.05) is 12.1 Å². The quantitative estimate of drug-likeness (QED) is 0.344. The Bertz CT molecular complexity index is 1800. The number of esters is 1. The number of urea groups is 1. The number of benzene rings is 2. The van der Waals surface area contributed by atoms with Gasteiger partial charge in [-0.2, -0.15) is 0 Å². The van der Waals surface area contributed by atoms with Gasteiger partial charge in [-0.3, -0.25) is 9.69 Å². The first-order valence-electron chi connectivity index (χ1n) is 12.8. The highest BCUT2D eigenvalue weighted by Crippen LogP contribution is 2.46. The molecular weight excluding hydrogens is 503 g/mol. The first-order chi connectivity index (χ1) is 18.8. The molecule has 5 heterocycles. The lowest BCUT2D eigenvalue weighted by molar-refractivity contribution is -0.172. The molecule has 3 aliphatic rings. The molecule has 0 saturated heterocycles. The maximum absolute atomic E-state index is 13.7. The number of aromatic nitrogens is 2. The number of carbonyl (C=O) groups excluding carboxylic acids is 2. The summed E-state index contributed by atoms with van der Waals surface area (Å²) in [5.74, 6) is -1.11. The predicted octanol–water partition coefficient (Wildman–Crippen LogP) is 3.81. The molecule has 196 valence electrons. The highest BCUT2D eigenvalue weighted by atomic mass is 19.1. The zero-order chi connectivity index (χ0) is 27.1. The van der Waals surface area contributed by atoms with Gasteiger partial charge in [0.05, 0.1) is 40.4 Å². The van der Waals surface area contributed by atoms with E-state index >= 15 is 0 Å². The number of nitrogens with zero attached hydrogens (tertiary/aromatic N) is 3. The fourth-order valence-corrected chi connectivity index (χ4v) is 5.90. The Kier molecular flexibility index (Phi) is 4.96. The molecule has 2 amide bonds. The molecule has 7 rings (SSSR count). The maximum atomic E-state index is 13.7. The number of hydrogen-bond acceptors (Lipinski definition) is 6. The number of amides is 2. The van der Waals surface area contributed by atoms with Crippen molar-refractivity contribution in [2.24, 2.45) is 0 Å². The van der Waals surface area contributed by atoms with E-state index in [1.165, 1.54) is 12.1 Å². The third-order valence-electron chi connectivity index (χ3n) is 7.98. The van der Waals surface area contributed by atoms with Crippen LogP contribution in [0.4, 0.5) is 20.6 Å². The molecule has 0 spiro atoms. The highest BCUT2D eigenvalue weighted by Gasteiger charge is 2.46. The average Bonchev–Trinajstić information content (AvgIpc) is 3.30. The predicted molar refractivity (Wildman–Crippen MR) is 141 cm³/mol. The van der Waals surface area contributed by atoms with Gasteiger partial charge in [0.15, 0.2) is 5.60 Å². The van der Waals surface area contributed by atoms with Crippen LogP contribution in [0.5, 0.6) is 0 Å². The molecule has 1 unspecified atom stereocenters. The third kappa shape index (κ3) is 3.27. The van der Waals surface area contributed by atoms with Gasteiger partial charge >= 0.3 is 12.0 Å². The van der Waals surface area contributed by atoms with Crippen molar-refractivity contribution in [3.8, 4) is 11.4 Å². The van der Waals surface area contributed by atoms with Crippen LogP contribution in [0.25, 0.3) is 22.3 Å². The van der Waals surface area contributed by atoms with Gasteiger partial charge in [0.1, 0.15) is 12.4 Å². The summed E-state index contributed by atoms with van der Waals surface area (Å²) in [5.41, 5.74) is 2.68. The highest BCUT2D eigenvalue weighted by molar-refractivity contribution is 6.19. The zero-order valence-electron chi connectivity index (χ0n) is 21.0. The van der Waals surface area contributed by atoms with E-state index in [2.05, 4.69) is 5.32 Å². The molecule has 0 radical (unpaired) electrons. The van der Waals surface area contributed by atoms with Gasteiger partial charge in [-0.15, -0.1) is 0 Å². The smallest absolute Gasteiger partial charge is 0.343 e. The van der Waals surface area contributed by atoms with E-state index in [9.17, 15) is 23.9 Å². The van der Waals surface area contributed by atoms with Crippen LogP contribution >= 0.6 is 0 Å². The number of carbonyl (C=O) groups is 2. The molecule has 2 aromatic carbocycles. The molecule has 0 saturated carbocycles. The van der Waals surface area contributed by atoms with Gasteiger partial charge in [0, 0.05) is 23.1 Å². The lowest BCUT2D eigenvalue weighted by Gasteiger charge is -2.31. The van der Waals surface area contributed by atoms with Gasteiger partial charge in [-0.25, -0.2) is 19.0 Å². The van der Waals surface area contributed by atoms with E-state index < -0.39 is 11.6 Å². The van der Waals surface area contributed by atoms with Crippen molar-refractivity contribution < 1.29 is 23.8 Å². The number of hydrogen-bond donors (Lipinski definition) is 2. The number of aliphatic hydroxyl groups is 1. The number of ether oxygens (including phenoxy) is 1. The SMILES string of the molecule is CCC1(O)C(=O)OCc2c1cc1n(c2=O)Cc2c-1nc1cccc3c1c2N(CCc1ccc(F)cc1)C(=O)N3. The minimum atomic E-state index is -1.93. The van der Waals surface area contributed by atoms with Crippen molar-refractivity contribution in [1.82, 2.24) is 9.55 Å². The molecule has 0 aliphatic carbocycles. The van der Waals surface area contributed by atoms with Crippen LogP contribution in [-0.4, -0.2) is 33.2 Å². The second-order valence-corrected chi connectivity index (χ2v) is 10.0. The summed E-state index contributed by atoms with van der Waals surface area (Å²) < 4.78 is 20.2. The monoisotopic (exact) mass is 526 g/mol. The fraction of sp³-hybridized carbons (Fsp3) is 0.241. The van der Waals surface area contributed by atoms with Crippen LogP contribution in [0.15, 0.2) is 53.3 Å². The van der Waals surface area contributed by atoms with Crippen molar-refractivity contribution >= 4 is 34.3 Å². The fourth-order valence-electron chi connectivity index (χ4n) is 5.90. The summed E-state index contributed by atoms with van der Waals surface area (Å²) in [7, 11) is 0. The Hall–Kier alpha value is -4.57. The van der Waals surface area contributed by atoms with Gasteiger partial charge in [0.2, 0.25) is 0 Å². The number of pyridine rings is 2. The maximum Gasteiger partial charge on any atom is 0.343 e. The van der Waals surface area contributed by atoms with Crippen LogP contribution in [-0.2, 0) is 34.7 Å². The number of fused-ring (bicyclic) bond motifs is 5. The van der Waals surface area contributed by atoms with Crippen LogP contribution < -0.4 is 15.8 Å². The normalized spacial score (nSPS) is 18.9. The van der Waals surface area contributed by atoms with E-state index in [0.717, 1.165) is 10.9 Å². The molecule has 10 heteroatoms. The largest absolute Gasteiger partial charge is 0.458 e. The van der Waals surface area contributed by atoms with Crippen molar-refractivity contribution in [2.75, 3.05) is 16.8 Å². The summed E-state index contributed by atoms with van der Waals surface area (Å²) in [6.45, 7) is 1.92. The Labute approximate surface area is 221 Å². The average molecular weight is 527 g/mol. The van der Waals surface area contributed by atoms with Crippen LogP contribution in [0.3, 0.4) is 0 Å². The standard InChI is InChI=1S/C29H23FN4O5/c1-2-29(38)19-12-22-24-17(13-34(22)26(35)18(19)14-39-27(29)36)25-23-20(31-24)4-3-5-21(23)32-28(37)33(25)11-10-15-6-8-16(30)9-7-15/h3-9,12,38H,2,10-11,13-14H2,1H3,(H,32,37). The summed E-state index contributed by atoms with van der Waals surface area (Å²) in [6.07, 6.45) is 0.532. The van der Waals surface area contributed by atoms with Crippen molar-refractivity contribution in [2.45, 2.75) is 38.5 Å². The summed E-state index contributed by atoms with van der Waals surface area (Å²) in [6, 6.07) is 13.0. The summed E-state index contributed by atoms with van der Waals surface area (Å²) in [4.78, 5) is 46.1. The molecule has 2 aromatic heterocycles. The third-order valence-corrected chi connectivity index (χ3v) is 7.98. The number of cyclic esters (lactones) is 1. The zero-order valence-corrected chi connectivity index (χ0v) is 21.0. The van der Waals surface area contributed by atoms with Crippen molar-refractivity contribution in [3.05, 3.63) is 87.0 Å². The van der Waals surface area contributed by atoms with E-state index in [1.54, 1.807) is 40.7 Å². The van der Waals surface area contributed by atoms with E-state index in [4.69, 9.17) is 9.72 Å². The van der Waals surface area contributed by atoms with E-state index in [0.29, 0.717) is 46.8 Å². The minimum Gasteiger partial charge on any atom is -0.458 e. The first kappa shape index (κ1) is 23.5. The Morgan fingerprint density at radius 2 is 1.92 bits per heavy atom. The van der Waals surface area contributed by atoms with Crippen molar-refractivity contribution in [1.29, 1.82) is 0 Å². The van der Waals surface area contributed by atoms with Gasteiger partial charge in [0.25, 0.3) is 5.56 Å². The Balaban J connectivity index is 1.42. The second kappa shape index (κ2) is 8.21. The summed E-state index contributed by atoms with van der Waals surface area (Å²) >= 11 is 0. The first-order valence-corrected chi connectivity index (χ1v) is 12.8. The molecule has 3 aliphatic heterocycles. The van der Waals surface area contributed by atoms with Gasteiger partial charge in [-0.05, 0) is 48.7 Å². The van der Waals surface area contributed by atoms with Gasteiger partial charge < -0.3 is 19.7 Å². The molecular formula is C29H23FN4O5. The van der Waals surface area contributed by atoms with E-state index in [-0.39, 0.29) is 48.1 Å². The van der Waals surface area contributed by atoms with Crippen LogP contribution in [0.1, 0.15) is 35.6 Å². The second-order valence-electron chi connectivity index (χ2n) is 10.0. The van der Waals surface area contributed by atoms with Crippen LogP contribution in [0.2, 0.25) is 0 Å². The summed E-state index contributed by atoms with van der Waals surface area (Å²) in [5, 5.41) is 14.9. The lowest BCUT2D eigenvalue weighted by Crippen LogP contribution is -2.44. The molecule has 4 aromatic rings. The minimum absolute atomic E-state index is 0.0473. The Morgan fingerprint density at radius 1 is 1.13 bits per heavy atom. The molecule has 39 heavy (non-hydrogen) atoms. The van der Waals surface area contributed by atoms with Gasteiger partial charge in [-0.1, -0.05) is 25.1 Å². The topological polar surface area (TPSA) is 114 Å². The number of nitrogens with one attached hydrogen (secondary N) is 1. The van der Waals surface area contributed by atoms with Crippen molar-refractivity contribution in [3.63, 3.8) is 0 Å². The Morgan fingerprint density at radius 3 is 2.69 bits per heavy atom.